The summed E-state index contributed by atoms with van der Waals surface area (Å²) in [7, 11) is 0. The van der Waals surface area contributed by atoms with Crippen molar-refractivity contribution >= 4 is 64.5 Å². The minimum atomic E-state index is 0.609. The van der Waals surface area contributed by atoms with Crippen molar-refractivity contribution in [3.8, 4) is 56.7 Å². The normalized spacial score (nSPS) is 11.8. The van der Waals surface area contributed by atoms with Gasteiger partial charge in [0.25, 0.3) is 0 Å². The first kappa shape index (κ1) is 29.7. The van der Waals surface area contributed by atoms with Gasteiger partial charge in [0.2, 0.25) is 5.89 Å². The molecule has 53 heavy (non-hydrogen) atoms. The molecule has 0 amide bonds. The summed E-state index contributed by atoms with van der Waals surface area (Å²) in [5, 5.41) is 4.38. The monoisotopic (exact) mass is 698 g/mol. The average molecular weight is 699 g/mol. The summed E-state index contributed by atoms with van der Waals surface area (Å²) in [4.78, 5) is 20.0. The minimum Gasteiger partial charge on any atom is -0.456 e. The van der Waals surface area contributed by atoms with Crippen LogP contribution in [0.15, 0.2) is 167 Å². The molecule has 7 heteroatoms. The summed E-state index contributed by atoms with van der Waals surface area (Å²) < 4.78 is 14.5. The van der Waals surface area contributed by atoms with Crippen LogP contribution in [-0.2, 0) is 0 Å². The van der Waals surface area contributed by atoms with Gasteiger partial charge in [-0.05, 0) is 77.9 Å². The number of nitrogens with zero attached hydrogens (tertiary/aromatic N) is 4. The van der Waals surface area contributed by atoms with Crippen molar-refractivity contribution < 1.29 is 8.83 Å². The highest BCUT2D eigenvalue weighted by molar-refractivity contribution is 7.26. The first-order chi connectivity index (χ1) is 26.2. The molecule has 4 heterocycles. The molecule has 11 aromatic rings. The molecule has 0 bridgehead atoms. The van der Waals surface area contributed by atoms with Crippen LogP contribution in [0.1, 0.15) is 0 Å². The number of fused-ring (bicyclic) bond motifs is 7. The smallest absolute Gasteiger partial charge is 0.227 e. The maximum Gasteiger partial charge on any atom is 0.227 e. The van der Waals surface area contributed by atoms with Crippen molar-refractivity contribution in [2.75, 3.05) is 0 Å². The summed E-state index contributed by atoms with van der Waals surface area (Å²) in [6, 6.07) is 53.7. The third-order valence-corrected chi connectivity index (χ3v) is 10.9. The number of benzene rings is 7. The Morgan fingerprint density at radius 1 is 0.377 bits per heavy atom. The van der Waals surface area contributed by atoms with Crippen LogP contribution in [0.5, 0.6) is 0 Å². The lowest BCUT2D eigenvalue weighted by atomic mass is 9.99. The van der Waals surface area contributed by atoms with Gasteiger partial charge in [-0.3, -0.25) is 0 Å². The van der Waals surface area contributed by atoms with Crippen molar-refractivity contribution in [1.82, 2.24) is 19.9 Å². The second kappa shape index (κ2) is 11.8. The molecule has 7 aromatic carbocycles. The van der Waals surface area contributed by atoms with E-state index in [1.54, 1.807) is 11.3 Å². The van der Waals surface area contributed by atoms with Gasteiger partial charge in [0, 0.05) is 53.2 Å². The third-order valence-electron chi connectivity index (χ3n) is 9.80. The van der Waals surface area contributed by atoms with E-state index in [9.17, 15) is 0 Å². The van der Waals surface area contributed by atoms with Crippen molar-refractivity contribution in [1.29, 1.82) is 0 Å². The molecular weight excluding hydrogens is 673 g/mol. The van der Waals surface area contributed by atoms with Crippen LogP contribution >= 0.6 is 11.3 Å². The molecule has 11 rings (SSSR count). The zero-order chi connectivity index (χ0) is 34.9. The van der Waals surface area contributed by atoms with Gasteiger partial charge in [-0.2, -0.15) is 0 Å². The largest absolute Gasteiger partial charge is 0.456 e. The lowest BCUT2D eigenvalue weighted by Gasteiger charge is -2.10. The van der Waals surface area contributed by atoms with Gasteiger partial charge in [0.1, 0.15) is 16.7 Å². The van der Waals surface area contributed by atoms with Crippen molar-refractivity contribution in [3.63, 3.8) is 0 Å². The van der Waals surface area contributed by atoms with E-state index in [0.29, 0.717) is 23.4 Å². The highest BCUT2D eigenvalue weighted by Crippen LogP contribution is 2.42. The fourth-order valence-electron chi connectivity index (χ4n) is 7.20. The minimum absolute atomic E-state index is 0.609. The number of hydrogen-bond donors (Lipinski definition) is 0. The Morgan fingerprint density at radius 3 is 1.92 bits per heavy atom. The van der Waals surface area contributed by atoms with Crippen molar-refractivity contribution in [3.05, 3.63) is 158 Å². The summed E-state index contributed by atoms with van der Waals surface area (Å²) in [6.45, 7) is 0. The maximum absolute atomic E-state index is 6.13. The van der Waals surface area contributed by atoms with Crippen LogP contribution in [-0.4, -0.2) is 19.9 Å². The van der Waals surface area contributed by atoms with Crippen LogP contribution in [0, 0.1) is 0 Å². The van der Waals surface area contributed by atoms with Gasteiger partial charge in [0.15, 0.2) is 23.1 Å². The van der Waals surface area contributed by atoms with E-state index in [1.165, 1.54) is 9.40 Å². The Morgan fingerprint density at radius 2 is 1.06 bits per heavy atom. The summed E-state index contributed by atoms with van der Waals surface area (Å²) in [5.41, 5.74) is 9.29. The number of rotatable bonds is 5. The number of thiophene rings is 1. The predicted octanol–water partition coefficient (Wildman–Crippen LogP) is 12.6. The van der Waals surface area contributed by atoms with E-state index in [0.717, 1.165) is 77.2 Å². The van der Waals surface area contributed by atoms with Gasteiger partial charge in [-0.1, -0.05) is 91.0 Å². The summed E-state index contributed by atoms with van der Waals surface area (Å²) >= 11 is 1.78. The first-order valence-corrected chi connectivity index (χ1v) is 18.2. The lowest BCUT2D eigenvalue weighted by molar-refractivity contribution is 0.620. The number of para-hydroxylation sites is 3. The van der Waals surface area contributed by atoms with Gasteiger partial charge < -0.3 is 8.83 Å². The lowest BCUT2D eigenvalue weighted by Crippen LogP contribution is -2.00. The zero-order valence-electron chi connectivity index (χ0n) is 28.0. The molecule has 0 fully saturated rings. The van der Waals surface area contributed by atoms with Gasteiger partial charge >= 0.3 is 0 Å². The van der Waals surface area contributed by atoms with E-state index in [-0.39, 0.29) is 0 Å². The number of oxazole rings is 1. The molecule has 0 saturated heterocycles. The van der Waals surface area contributed by atoms with Gasteiger partial charge in [-0.25, -0.2) is 19.9 Å². The van der Waals surface area contributed by atoms with E-state index < -0.39 is 0 Å². The third kappa shape index (κ3) is 5.01. The molecule has 0 N–H and O–H groups in total. The fraction of sp³-hybridized carbons (Fsp3) is 0. The molecule has 0 spiro atoms. The molecule has 0 radical (unpaired) electrons. The maximum atomic E-state index is 6.13. The Hall–Kier alpha value is -6.96. The number of furan rings is 1. The molecule has 4 aromatic heterocycles. The second-order valence-electron chi connectivity index (χ2n) is 13.0. The predicted molar refractivity (Wildman–Crippen MR) is 215 cm³/mol. The van der Waals surface area contributed by atoms with E-state index in [4.69, 9.17) is 23.8 Å². The number of aromatic nitrogens is 4. The van der Waals surface area contributed by atoms with Crippen LogP contribution < -0.4 is 0 Å². The molecule has 248 valence electrons. The Bertz CT molecular complexity index is 3150. The zero-order valence-corrected chi connectivity index (χ0v) is 28.8. The molecule has 0 unspecified atom stereocenters. The second-order valence-corrected chi connectivity index (χ2v) is 14.1. The fourth-order valence-corrected chi connectivity index (χ4v) is 8.31. The molecule has 0 aliphatic carbocycles. The van der Waals surface area contributed by atoms with Gasteiger partial charge in [-0.15, -0.1) is 11.3 Å². The Labute approximate surface area is 306 Å². The van der Waals surface area contributed by atoms with Crippen LogP contribution in [0.3, 0.4) is 0 Å². The van der Waals surface area contributed by atoms with Crippen LogP contribution in [0.25, 0.3) is 110 Å². The van der Waals surface area contributed by atoms with Gasteiger partial charge in [0.05, 0.1) is 0 Å². The quantitative estimate of drug-likeness (QED) is 0.178. The molecule has 0 aliphatic rings. The van der Waals surface area contributed by atoms with Crippen molar-refractivity contribution in [2.45, 2.75) is 0 Å². The van der Waals surface area contributed by atoms with E-state index in [2.05, 4.69) is 77.8 Å². The number of hydrogen-bond acceptors (Lipinski definition) is 7. The summed E-state index contributed by atoms with van der Waals surface area (Å²) in [5.74, 6) is 2.48. The summed E-state index contributed by atoms with van der Waals surface area (Å²) in [6.07, 6.45) is 0. The average Bonchev–Trinajstić information content (AvgIpc) is 3.94. The highest BCUT2D eigenvalue weighted by atomic mass is 32.1. The standard InChI is InChI=1S/C46H26N4O2S/c1-2-9-28(10-3-1)43-48-44(31-21-23-38-34(26-31)32-11-4-6-14-37(32)51-38)50-45(49-43)33-12-8-16-41-42(33)35-25-30(22-24-40(35)53-41)27-17-19-29(20-18-27)46-47-36-13-5-7-15-39(36)52-46/h1-26H. The van der Waals surface area contributed by atoms with Crippen LogP contribution in [0.4, 0.5) is 0 Å². The van der Waals surface area contributed by atoms with Crippen molar-refractivity contribution in [2.24, 2.45) is 0 Å². The topological polar surface area (TPSA) is 77.8 Å². The van der Waals surface area contributed by atoms with E-state index in [1.807, 2.05) is 84.9 Å². The Balaban J connectivity index is 1.05. The molecule has 0 saturated carbocycles. The highest BCUT2D eigenvalue weighted by Gasteiger charge is 2.19. The molecule has 6 nitrogen and oxygen atoms in total. The SMILES string of the molecule is c1ccc(-c2nc(-c3ccc4oc5ccccc5c4c3)nc(-c3cccc4sc5ccc(-c6ccc(-c7nc8ccccc8o7)cc6)cc5c34)n2)cc1. The first-order valence-electron chi connectivity index (χ1n) is 17.4. The molecule has 0 atom stereocenters. The molecular formula is C46H26N4O2S. The van der Waals surface area contributed by atoms with Crippen LogP contribution in [0.2, 0.25) is 0 Å². The molecule has 0 aliphatic heterocycles. The van der Waals surface area contributed by atoms with E-state index >= 15 is 0 Å². The Kier molecular flexibility index (Phi) is 6.62.